The molecular formula is C10H24N4+2. The van der Waals surface area contributed by atoms with Crippen LogP contribution in [0.2, 0.25) is 0 Å². The van der Waals surface area contributed by atoms with E-state index < -0.39 is 0 Å². The second-order valence-corrected chi connectivity index (χ2v) is 5.54. The number of nitrogens with zero attached hydrogens (tertiary/aromatic N) is 4. The van der Waals surface area contributed by atoms with Crippen molar-refractivity contribution in [1.82, 2.24) is 0 Å². The second-order valence-electron chi connectivity index (χ2n) is 5.54. The zero-order valence-corrected chi connectivity index (χ0v) is 10.4. The van der Waals surface area contributed by atoms with Gasteiger partial charge in [0.15, 0.2) is 0 Å². The van der Waals surface area contributed by atoms with Crippen molar-refractivity contribution >= 4 is 12.4 Å². The summed E-state index contributed by atoms with van der Waals surface area (Å²) >= 11 is 0. The molecule has 0 aliphatic rings. The molecule has 0 heterocycles. The number of rotatable bonds is 5. The van der Waals surface area contributed by atoms with E-state index in [1.807, 2.05) is 12.4 Å². The van der Waals surface area contributed by atoms with E-state index in [0.29, 0.717) is 0 Å². The molecule has 0 rings (SSSR count). The SMILES string of the molecule is C[N+](C)(C)C/C=N\N=C/C[N+](C)(C)C. The molecule has 14 heavy (non-hydrogen) atoms. The highest BCUT2D eigenvalue weighted by atomic mass is 15.3. The summed E-state index contributed by atoms with van der Waals surface area (Å²) in [4.78, 5) is 0. The Labute approximate surface area is 87.7 Å². The van der Waals surface area contributed by atoms with E-state index in [4.69, 9.17) is 0 Å². The van der Waals surface area contributed by atoms with Crippen LogP contribution in [0.5, 0.6) is 0 Å². The Morgan fingerprint density at radius 1 is 0.714 bits per heavy atom. The van der Waals surface area contributed by atoms with Gasteiger partial charge in [-0.2, -0.15) is 10.2 Å². The smallest absolute Gasteiger partial charge is 0.116 e. The van der Waals surface area contributed by atoms with Crippen LogP contribution in [0.1, 0.15) is 0 Å². The molecule has 0 atom stereocenters. The zero-order chi connectivity index (χ0) is 11.2. The first-order valence-corrected chi connectivity index (χ1v) is 4.85. The Balaban J connectivity index is 3.73. The zero-order valence-electron chi connectivity index (χ0n) is 10.4. The van der Waals surface area contributed by atoms with E-state index in [1.54, 1.807) is 0 Å². The molecule has 0 aromatic rings. The number of quaternary nitrogens is 2. The lowest BCUT2D eigenvalue weighted by Crippen LogP contribution is -2.36. The molecule has 0 radical (unpaired) electrons. The van der Waals surface area contributed by atoms with Crippen LogP contribution in [0.25, 0.3) is 0 Å². The molecule has 0 unspecified atom stereocenters. The van der Waals surface area contributed by atoms with Crippen LogP contribution in [0.4, 0.5) is 0 Å². The summed E-state index contributed by atoms with van der Waals surface area (Å²) in [6.45, 7) is 1.81. The molecule has 82 valence electrons. The molecule has 4 heteroatoms. The topological polar surface area (TPSA) is 24.7 Å². The Kier molecular flexibility index (Phi) is 4.94. The monoisotopic (exact) mass is 200 g/mol. The van der Waals surface area contributed by atoms with Crippen molar-refractivity contribution in [2.45, 2.75) is 0 Å². The van der Waals surface area contributed by atoms with Crippen LogP contribution in [-0.4, -0.2) is 76.8 Å². The standard InChI is InChI=1S/C10H24N4/c1-13(2,3)9-7-11-12-8-10-14(4,5)6/h7-8H,9-10H2,1-6H3/q+2/b11-7-,12-8-. The summed E-state index contributed by atoms with van der Waals surface area (Å²) in [5.74, 6) is 0. The quantitative estimate of drug-likeness (QED) is 0.350. The molecule has 0 aliphatic heterocycles. The summed E-state index contributed by atoms with van der Waals surface area (Å²) in [5, 5.41) is 7.96. The van der Waals surface area contributed by atoms with Crippen molar-refractivity contribution in [1.29, 1.82) is 0 Å². The van der Waals surface area contributed by atoms with Gasteiger partial charge in [-0.25, -0.2) is 0 Å². The van der Waals surface area contributed by atoms with Gasteiger partial charge in [0.2, 0.25) is 0 Å². The predicted molar refractivity (Wildman–Crippen MR) is 62.8 cm³/mol. The van der Waals surface area contributed by atoms with Gasteiger partial charge in [0.05, 0.1) is 54.7 Å². The lowest BCUT2D eigenvalue weighted by molar-refractivity contribution is -0.860. The van der Waals surface area contributed by atoms with E-state index in [2.05, 4.69) is 52.5 Å². The van der Waals surface area contributed by atoms with Gasteiger partial charge < -0.3 is 8.97 Å². The molecule has 0 bridgehead atoms. The molecule has 0 amide bonds. The third kappa shape index (κ3) is 11.3. The van der Waals surface area contributed by atoms with Crippen LogP contribution in [0.3, 0.4) is 0 Å². The Hall–Kier alpha value is -0.740. The molecule has 0 aromatic heterocycles. The molecule has 0 saturated heterocycles. The molecule has 0 spiro atoms. The summed E-state index contributed by atoms with van der Waals surface area (Å²) in [6, 6.07) is 0. The molecule has 0 aliphatic carbocycles. The molecule has 0 fully saturated rings. The van der Waals surface area contributed by atoms with E-state index in [-0.39, 0.29) is 0 Å². The molecule has 0 N–H and O–H groups in total. The highest BCUT2D eigenvalue weighted by Gasteiger charge is 2.03. The fourth-order valence-corrected chi connectivity index (χ4v) is 0.657. The minimum Gasteiger partial charge on any atom is -0.326 e. The first kappa shape index (κ1) is 13.3. The second kappa shape index (κ2) is 5.22. The van der Waals surface area contributed by atoms with E-state index in [9.17, 15) is 0 Å². The maximum Gasteiger partial charge on any atom is 0.116 e. The first-order valence-electron chi connectivity index (χ1n) is 4.85. The Bertz CT molecular complexity index is 181. The van der Waals surface area contributed by atoms with Gasteiger partial charge in [0, 0.05) is 0 Å². The minimum absolute atomic E-state index is 0.883. The van der Waals surface area contributed by atoms with Gasteiger partial charge in [-0.3, -0.25) is 0 Å². The molecule has 4 nitrogen and oxygen atoms in total. The maximum absolute atomic E-state index is 3.98. The van der Waals surface area contributed by atoms with Crippen molar-refractivity contribution in [2.75, 3.05) is 55.4 Å². The third-order valence-corrected chi connectivity index (χ3v) is 1.49. The summed E-state index contributed by atoms with van der Waals surface area (Å²) in [5.41, 5.74) is 0. The normalized spacial score (nSPS) is 14.4. The lowest BCUT2D eigenvalue weighted by atomic mass is 10.5. The molecule has 0 saturated carbocycles. The summed E-state index contributed by atoms with van der Waals surface area (Å²) in [6.07, 6.45) is 3.71. The Morgan fingerprint density at radius 2 is 1.00 bits per heavy atom. The average molecular weight is 200 g/mol. The van der Waals surface area contributed by atoms with Gasteiger partial charge in [-0.15, -0.1) is 0 Å². The van der Waals surface area contributed by atoms with Crippen LogP contribution >= 0.6 is 0 Å². The van der Waals surface area contributed by atoms with Crippen LogP contribution in [0.15, 0.2) is 10.2 Å². The summed E-state index contributed by atoms with van der Waals surface area (Å²) < 4.78 is 1.77. The van der Waals surface area contributed by atoms with Crippen molar-refractivity contribution in [2.24, 2.45) is 10.2 Å². The molecule has 0 aromatic carbocycles. The highest BCUT2D eigenvalue weighted by molar-refractivity contribution is 5.62. The third-order valence-electron chi connectivity index (χ3n) is 1.49. The van der Waals surface area contributed by atoms with Gasteiger partial charge in [-0.05, 0) is 0 Å². The van der Waals surface area contributed by atoms with Crippen LogP contribution in [-0.2, 0) is 0 Å². The largest absolute Gasteiger partial charge is 0.326 e. The van der Waals surface area contributed by atoms with E-state index in [0.717, 1.165) is 22.1 Å². The molecular weight excluding hydrogens is 176 g/mol. The van der Waals surface area contributed by atoms with Crippen LogP contribution in [0, 0.1) is 0 Å². The van der Waals surface area contributed by atoms with Gasteiger partial charge in [0.25, 0.3) is 0 Å². The van der Waals surface area contributed by atoms with Crippen molar-refractivity contribution in [3.63, 3.8) is 0 Å². The van der Waals surface area contributed by atoms with E-state index >= 15 is 0 Å². The summed E-state index contributed by atoms with van der Waals surface area (Å²) in [7, 11) is 12.8. The van der Waals surface area contributed by atoms with Crippen molar-refractivity contribution in [3.05, 3.63) is 0 Å². The van der Waals surface area contributed by atoms with Gasteiger partial charge in [-0.1, -0.05) is 0 Å². The van der Waals surface area contributed by atoms with Crippen LogP contribution < -0.4 is 0 Å². The minimum atomic E-state index is 0.883. The lowest BCUT2D eigenvalue weighted by Gasteiger charge is -2.21. The van der Waals surface area contributed by atoms with Gasteiger partial charge >= 0.3 is 0 Å². The first-order chi connectivity index (χ1) is 6.21. The Morgan fingerprint density at radius 3 is 1.21 bits per heavy atom. The highest BCUT2D eigenvalue weighted by Crippen LogP contribution is 1.87. The predicted octanol–water partition coefficient (Wildman–Crippen LogP) is 0.455. The van der Waals surface area contributed by atoms with Gasteiger partial charge in [0.1, 0.15) is 13.1 Å². The number of hydrogen-bond donors (Lipinski definition) is 0. The van der Waals surface area contributed by atoms with Crippen molar-refractivity contribution < 1.29 is 8.97 Å². The average Bonchev–Trinajstić information content (AvgIpc) is 1.92. The fourth-order valence-electron chi connectivity index (χ4n) is 0.657. The number of hydrogen-bond acceptors (Lipinski definition) is 2. The van der Waals surface area contributed by atoms with Crippen molar-refractivity contribution in [3.8, 4) is 0 Å². The van der Waals surface area contributed by atoms with E-state index in [1.165, 1.54) is 0 Å². The maximum atomic E-state index is 3.98. The fraction of sp³-hybridized carbons (Fsp3) is 0.800.